The number of H-pyrrole nitrogens is 1. The minimum Gasteiger partial charge on any atom is -0.492 e. The monoisotopic (exact) mass is 459 g/mol. The number of hydrogen-bond donors (Lipinski definition) is 1. The lowest BCUT2D eigenvalue weighted by Gasteiger charge is -2.26. The summed E-state index contributed by atoms with van der Waals surface area (Å²) in [6.07, 6.45) is 6.76. The Balaban J connectivity index is 0.00000245. The van der Waals surface area contributed by atoms with E-state index < -0.39 is 0 Å². The maximum atomic E-state index is 12.7. The number of para-hydroxylation sites is 1. The molecule has 3 heterocycles. The SMILES string of the molecule is Cl.O=c1[nH]c(Cc2ccccc2OCCN2CCOCC2)nc2c1cnn2C1CCCC1. The third-order valence-corrected chi connectivity index (χ3v) is 6.28. The molecule has 2 aliphatic rings. The molecule has 0 amide bonds. The van der Waals surface area contributed by atoms with E-state index in [9.17, 15) is 4.79 Å². The molecule has 172 valence electrons. The molecule has 0 bridgehead atoms. The lowest BCUT2D eigenvalue weighted by molar-refractivity contribution is 0.0322. The average molecular weight is 460 g/mol. The number of benzene rings is 1. The highest BCUT2D eigenvalue weighted by Gasteiger charge is 2.21. The van der Waals surface area contributed by atoms with E-state index >= 15 is 0 Å². The van der Waals surface area contributed by atoms with Crippen molar-refractivity contribution in [3.8, 4) is 5.75 Å². The van der Waals surface area contributed by atoms with Crippen molar-refractivity contribution in [1.29, 1.82) is 0 Å². The van der Waals surface area contributed by atoms with Gasteiger partial charge in [-0.15, -0.1) is 12.4 Å². The molecule has 1 N–H and O–H groups in total. The van der Waals surface area contributed by atoms with Crippen LogP contribution in [0, 0.1) is 0 Å². The van der Waals surface area contributed by atoms with Crippen LogP contribution in [0.1, 0.15) is 43.1 Å². The summed E-state index contributed by atoms with van der Waals surface area (Å²) >= 11 is 0. The van der Waals surface area contributed by atoms with Gasteiger partial charge in [0.25, 0.3) is 5.56 Å². The fourth-order valence-corrected chi connectivity index (χ4v) is 4.56. The van der Waals surface area contributed by atoms with Gasteiger partial charge in [-0.3, -0.25) is 9.69 Å². The Bertz CT molecular complexity index is 1090. The quantitative estimate of drug-likeness (QED) is 0.584. The first-order valence-electron chi connectivity index (χ1n) is 11.2. The number of aromatic nitrogens is 4. The van der Waals surface area contributed by atoms with Crippen LogP contribution in [0.15, 0.2) is 35.3 Å². The fraction of sp³-hybridized carbons (Fsp3) is 0.522. The van der Waals surface area contributed by atoms with Crippen LogP contribution in [0.2, 0.25) is 0 Å². The summed E-state index contributed by atoms with van der Waals surface area (Å²) in [4.78, 5) is 22.7. The van der Waals surface area contributed by atoms with E-state index in [1.807, 2.05) is 28.9 Å². The first-order chi connectivity index (χ1) is 15.3. The van der Waals surface area contributed by atoms with Crippen LogP contribution in [0.4, 0.5) is 0 Å². The van der Waals surface area contributed by atoms with Crippen LogP contribution >= 0.6 is 12.4 Å². The molecule has 1 saturated carbocycles. The normalized spacial score (nSPS) is 17.5. The zero-order valence-electron chi connectivity index (χ0n) is 18.2. The molecule has 0 spiro atoms. The van der Waals surface area contributed by atoms with Gasteiger partial charge in [0.2, 0.25) is 0 Å². The third-order valence-electron chi connectivity index (χ3n) is 6.28. The van der Waals surface area contributed by atoms with Gasteiger partial charge in [-0.25, -0.2) is 9.67 Å². The largest absolute Gasteiger partial charge is 0.492 e. The number of rotatable bonds is 7. The molecule has 1 saturated heterocycles. The summed E-state index contributed by atoms with van der Waals surface area (Å²) in [5.74, 6) is 1.48. The highest BCUT2D eigenvalue weighted by molar-refractivity contribution is 5.85. The molecule has 9 heteroatoms. The van der Waals surface area contributed by atoms with Gasteiger partial charge in [-0.1, -0.05) is 31.0 Å². The summed E-state index contributed by atoms with van der Waals surface area (Å²) in [7, 11) is 0. The fourth-order valence-electron chi connectivity index (χ4n) is 4.56. The van der Waals surface area contributed by atoms with E-state index in [2.05, 4.69) is 15.0 Å². The summed E-state index contributed by atoms with van der Waals surface area (Å²) in [5, 5.41) is 5.05. The minimum atomic E-state index is -0.130. The lowest BCUT2D eigenvalue weighted by atomic mass is 10.1. The summed E-state index contributed by atoms with van der Waals surface area (Å²) in [6, 6.07) is 8.32. The maximum absolute atomic E-state index is 12.7. The van der Waals surface area contributed by atoms with Gasteiger partial charge in [0, 0.05) is 31.6 Å². The van der Waals surface area contributed by atoms with Gasteiger partial charge < -0.3 is 14.5 Å². The van der Waals surface area contributed by atoms with E-state index in [1.165, 1.54) is 12.8 Å². The minimum absolute atomic E-state index is 0. The van der Waals surface area contributed by atoms with E-state index in [4.69, 9.17) is 14.5 Å². The summed E-state index contributed by atoms with van der Waals surface area (Å²) < 4.78 is 13.5. The van der Waals surface area contributed by atoms with Crippen molar-refractivity contribution in [2.75, 3.05) is 39.5 Å². The van der Waals surface area contributed by atoms with Crippen molar-refractivity contribution in [1.82, 2.24) is 24.6 Å². The number of nitrogens with one attached hydrogen (secondary N) is 1. The number of nitrogens with zero attached hydrogens (tertiary/aromatic N) is 4. The molecule has 0 unspecified atom stereocenters. The molecule has 1 aliphatic heterocycles. The number of ether oxygens (including phenoxy) is 2. The van der Waals surface area contributed by atoms with Crippen LogP contribution in [0.25, 0.3) is 11.0 Å². The molecular weight excluding hydrogens is 430 g/mol. The molecule has 8 nitrogen and oxygen atoms in total. The Hall–Kier alpha value is -2.42. The van der Waals surface area contributed by atoms with Crippen LogP contribution in [-0.4, -0.2) is 64.1 Å². The van der Waals surface area contributed by atoms with E-state index in [0.29, 0.717) is 35.9 Å². The Morgan fingerprint density at radius 3 is 2.75 bits per heavy atom. The van der Waals surface area contributed by atoms with E-state index in [0.717, 1.165) is 57.0 Å². The zero-order valence-corrected chi connectivity index (χ0v) is 19.0. The molecule has 0 radical (unpaired) electrons. The Labute approximate surface area is 193 Å². The van der Waals surface area contributed by atoms with Crippen molar-refractivity contribution >= 4 is 23.4 Å². The Morgan fingerprint density at radius 2 is 1.94 bits per heavy atom. The molecule has 0 atom stereocenters. The highest BCUT2D eigenvalue weighted by Crippen LogP contribution is 2.30. The molecular formula is C23H30ClN5O3. The predicted molar refractivity (Wildman–Crippen MR) is 125 cm³/mol. The molecule has 2 aromatic heterocycles. The molecule has 1 aromatic carbocycles. The molecule has 2 fully saturated rings. The number of halogens is 1. The number of fused-ring (bicyclic) bond motifs is 1. The standard InChI is InChI=1S/C23H29N5O3.ClH/c29-23-19-16-24-28(18-6-2-3-7-18)22(19)25-21(26-23)15-17-5-1-4-8-20(17)31-14-11-27-9-12-30-13-10-27;/h1,4-5,8,16,18H,2-3,6-7,9-15H2,(H,25,26,29);1H. The van der Waals surface area contributed by atoms with Gasteiger partial charge in [-0.2, -0.15) is 5.10 Å². The van der Waals surface area contributed by atoms with Gasteiger partial charge in [-0.05, 0) is 18.9 Å². The second-order valence-corrected chi connectivity index (χ2v) is 8.36. The topological polar surface area (TPSA) is 85.3 Å². The first-order valence-corrected chi connectivity index (χ1v) is 11.2. The smallest absolute Gasteiger partial charge is 0.262 e. The summed E-state index contributed by atoms with van der Waals surface area (Å²) in [5.41, 5.74) is 1.57. The maximum Gasteiger partial charge on any atom is 0.262 e. The molecule has 1 aliphatic carbocycles. The molecule has 5 rings (SSSR count). The lowest BCUT2D eigenvalue weighted by Crippen LogP contribution is -2.38. The van der Waals surface area contributed by atoms with E-state index in [1.54, 1.807) is 6.20 Å². The molecule has 3 aromatic rings. The summed E-state index contributed by atoms with van der Waals surface area (Å²) in [6.45, 7) is 4.97. The van der Waals surface area contributed by atoms with Gasteiger partial charge >= 0.3 is 0 Å². The van der Waals surface area contributed by atoms with Crippen molar-refractivity contribution in [3.63, 3.8) is 0 Å². The Kier molecular flexibility index (Phi) is 7.44. The Morgan fingerprint density at radius 1 is 1.16 bits per heavy atom. The molecule has 32 heavy (non-hydrogen) atoms. The predicted octanol–water partition coefficient (Wildman–Crippen LogP) is 2.96. The zero-order chi connectivity index (χ0) is 21.0. The van der Waals surface area contributed by atoms with E-state index in [-0.39, 0.29) is 18.0 Å². The van der Waals surface area contributed by atoms with Gasteiger partial charge in [0.05, 0.1) is 25.5 Å². The number of aromatic amines is 1. The first kappa shape index (κ1) is 22.8. The van der Waals surface area contributed by atoms with Crippen molar-refractivity contribution in [2.24, 2.45) is 0 Å². The third kappa shape index (κ3) is 4.98. The number of morpholine rings is 1. The van der Waals surface area contributed by atoms with Crippen LogP contribution in [0.3, 0.4) is 0 Å². The highest BCUT2D eigenvalue weighted by atomic mass is 35.5. The van der Waals surface area contributed by atoms with Crippen molar-refractivity contribution in [3.05, 3.63) is 52.2 Å². The van der Waals surface area contributed by atoms with Gasteiger partial charge in [0.15, 0.2) is 5.65 Å². The van der Waals surface area contributed by atoms with Gasteiger partial charge in [0.1, 0.15) is 23.6 Å². The van der Waals surface area contributed by atoms with Crippen LogP contribution < -0.4 is 10.3 Å². The average Bonchev–Trinajstić information content (AvgIpc) is 3.46. The second kappa shape index (κ2) is 10.5. The van der Waals surface area contributed by atoms with Crippen molar-refractivity contribution in [2.45, 2.75) is 38.1 Å². The van der Waals surface area contributed by atoms with Crippen molar-refractivity contribution < 1.29 is 9.47 Å². The number of hydrogen-bond acceptors (Lipinski definition) is 6. The van der Waals surface area contributed by atoms with Crippen LogP contribution in [-0.2, 0) is 11.2 Å². The second-order valence-electron chi connectivity index (χ2n) is 8.36. The van der Waals surface area contributed by atoms with Crippen LogP contribution in [0.5, 0.6) is 5.75 Å².